The van der Waals surface area contributed by atoms with Gasteiger partial charge >= 0.3 is 0 Å². The molecule has 0 aliphatic heterocycles. The zero-order chi connectivity index (χ0) is 17.7. The molecule has 0 fully saturated rings. The monoisotopic (exact) mass is 369 g/mol. The third kappa shape index (κ3) is 4.31. The average Bonchev–Trinajstić information content (AvgIpc) is 3.07. The molecule has 0 aliphatic rings. The van der Waals surface area contributed by atoms with Crippen LogP contribution in [0.15, 0.2) is 46.0 Å². The van der Waals surface area contributed by atoms with Gasteiger partial charge in [0.1, 0.15) is 9.96 Å². The van der Waals surface area contributed by atoms with Crippen molar-refractivity contribution in [1.82, 2.24) is 15.2 Å². The summed E-state index contributed by atoms with van der Waals surface area (Å²) in [6, 6.07) is 8.61. The van der Waals surface area contributed by atoms with Gasteiger partial charge in [0.25, 0.3) is 21.8 Å². The summed E-state index contributed by atoms with van der Waals surface area (Å²) in [6.07, 6.45) is 0. The maximum absolute atomic E-state index is 12.2. The minimum atomic E-state index is -3.74. The summed E-state index contributed by atoms with van der Waals surface area (Å²) < 4.78 is 25.3. The molecule has 0 saturated carbocycles. The fourth-order valence-electron chi connectivity index (χ4n) is 1.74. The van der Waals surface area contributed by atoms with E-state index in [-0.39, 0.29) is 15.5 Å². The van der Waals surface area contributed by atoms with E-state index in [9.17, 15) is 23.1 Å². The lowest BCUT2D eigenvalue weighted by Gasteiger charge is -2.16. The van der Waals surface area contributed by atoms with E-state index in [0.29, 0.717) is 0 Å². The molecule has 0 aliphatic carbocycles. The summed E-state index contributed by atoms with van der Waals surface area (Å²) in [4.78, 5) is 23.6. The highest BCUT2D eigenvalue weighted by Crippen LogP contribution is 2.19. The van der Waals surface area contributed by atoms with E-state index in [4.69, 9.17) is 0 Å². The van der Waals surface area contributed by atoms with E-state index in [0.717, 1.165) is 15.6 Å². The number of phenolic OH excluding ortho intramolecular Hbond substituents is 1. The number of sulfonamides is 1. The highest BCUT2D eigenvalue weighted by Gasteiger charge is 2.23. The third-order valence-electron chi connectivity index (χ3n) is 2.95. The molecule has 2 rings (SSSR count). The molecular weight excluding hydrogens is 354 g/mol. The number of phenols is 1. The molecule has 0 saturated heterocycles. The molecule has 0 bridgehead atoms. The van der Waals surface area contributed by atoms with E-state index in [1.165, 1.54) is 37.4 Å². The topological polar surface area (TPSA) is 116 Å². The standard InChI is InChI=1S/C14H15N3O5S2/c1-17(24(21,22)13-6-3-7-23-13)9-12(19)15-16-14(20)10-4-2-5-11(18)8-10/h2-8,18H,9H2,1H3,(H,15,19)(H,16,20). The molecular formula is C14H15N3O5S2. The molecule has 2 aromatic rings. The quantitative estimate of drug-likeness (QED) is 0.665. The van der Waals surface area contributed by atoms with Gasteiger partial charge in [-0.05, 0) is 29.6 Å². The van der Waals surface area contributed by atoms with Gasteiger partial charge in [-0.25, -0.2) is 8.42 Å². The molecule has 10 heteroatoms. The lowest BCUT2D eigenvalue weighted by Crippen LogP contribution is -2.46. The van der Waals surface area contributed by atoms with Gasteiger partial charge in [0, 0.05) is 12.6 Å². The van der Waals surface area contributed by atoms with E-state index in [2.05, 4.69) is 10.9 Å². The van der Waals surface area contributed by atoms with Crippen LogP contribution in [0.1, 0.15) is 10.4 Å². The van der Waals surface area contributed by atoms with Gasteiger partial charge in [0.05, 0.1) is 6.54 Å². The maximum Gasteiger partial charge on any atom is 0.269 e. The molecule has 1 aromatic heterocycles. The minimum Gasteiger partial charge on any atom is -0.508 e. The van der Waals surface area contributed by atoms with Gasteiger partial charge in [0.15, 0.2) is 0 Å². The zero-order valence-corrected chi connectivity index (χ0v) is 14.2. The van der Waals surface area contributed by atoms with Crippen molar-refractivity contribution in [3.05, 3.63) is 47.3 Å². The number of benzene rings is 1. The van der Waals surface area contributed by atoms with E-state index in [1.54, 1.807) is 11.4 Å². The molecule has 0 atom stereocenters. The van der Waals surface area contributed by atoms with Crippen molar-refractivity contribution in [2.45, 2.75) is 4.21 Å². The highest BCUT2D eigenvalue weighted by molar-refractivity contribution is 7.91. The molecule has 0 unspecified atom stereocenters. The Balaban J connectivity index is 1.90. The predicted molar refractivity (Wildman–Crippen MR) is 87.9 cm³/mol. The molecule has 8 nitrogen and oxygen atoms in total. The Bertz CT molecular complexity index is 834. The SMILES string of the molecule is CN(CC(=O)NNC(=O)c1cccc(O)c1)S(=O)(=O)c1cccs1. The second-order valence-electron chi connectivity index (χ2n) is 4.75. The van der Waals surface area contributed by atoms with Crippen LogP contribution < -0.4 is 10.9 Å². The fraction of sp³-hybridized carbons (Fsp3) is 0.143. The Labute approximate surface area is 142 Å². The van der Waals surface area contributed by atoms with E-state index in [1.807, 2.05) is 0 Å². The van der Waals surface area contributed by atoms with Crippen LogP contribution >= 0.6 is 11.3 Å². The largest absolute Gasteiger partial charge is 0.508 e. The van der Waals surface area contributed by atoms with Crippen LogP contribution in [0.4, 0.5) is 0 Å². The Kier molecular flexibility index (Phi) is 5.54. The first kappa shape index (κ1) is 17.9. The number of rotatable bonds is 5. The van der Waals surface area contributed by atoms with Gasteiger partial charge in [-0.3, -0.25) is 20.4 Å². The van der Waals surface area contributed by atoms with Crippen LogP contribution in [0, 0.1) is 0 Å². The first-order valence-corrected chi connectivity index (χ1v) is 9.01. The number of carbonyl (C=O) groups excluding carboxylic acids is 2. The van der Waals surface area contributed by atoms with Crippen molar-refractivity contribution in [1.29, 1.82) is 0 Å². The van der Waals surface area contributed by atoms with Crippen molar-refractivity contribution in [3.8, 4) is 5.75 Å². The molecule has 24 heavy (non-hydrogen) atoms. The molecule has 0 spiro atoms. The molecule has 1 aromatic carbocycles. The van der Waals surface area contributed by atoms with Crippen LogP contribution in [0.3, 0.4) is 0 Å². The van der Waals surface area contributed by atoms with Gasteiger partial charge in [-0.1, -0.05) is 12.1 Å². The number of thiophene rings is 1. The summed E-state index contributed by atoms with van der Waals surface area (Å²) in [5, 5.41) is 10.9. The molecule has 0 radical (unpaired) electrons. The van der Waals surface area contributed by atoms with Crippen LogP contribution in [0.2, 0.25) is 0 Å². The van der Waals surface area contributed by atoms with Gasteiger partial charge in [-0.15, -0.1) is 11.3 Å². The average molecular weight is 369 g/mol. The predicted octanol–water partition coefficient (Wildman–Crippen LogP) is 0.535. The fourth-order valence-corrected chi connectivity index (χ4v) is 4.06. The number of hydrogen-bond donors (Lipinski definition) is 3. The number of nitrogens with zero attached hydrogens (tertiary/aromatic N) is 1. The summed E-state index contributed by atoms with van der Waals surface area (Å²) in [7, 11) is -2.47. The molecule has 2 amide bonds. The van der Waals surface area contributed by atoms with Crippen LogP contribution in [-0.2, 0) is 14.8 Å². The number of carbonyl (C=O) groups is 2. The third-order valence-corrected chi connectivity index (χ3v) is 6.13. The van der Waals surface area contributed by atoms with Gasteiger partial charge in [0.2, 0.25) is 0 Å². The summed E-state index contributed by atoms with van der Waals surface area (Å²) >= 11 is 1.05. The first-order chi connectivity index (χ1) is 11.3. The number of hydrazine groups is 1. The lowest BCUT2D eigenvalue weighted by atomic mass is 10.2. The van der Waals surface area contributed by atoms with Crippen molar-refractivity contribution in [2.75, 3.05) is 13.6 Å². The number of aromatic hydroxyl groups is 1. The Morgan fingerprint density at radius 3 is 2.58 bits per heavy atom. The van der Waals surface area contributed by atoms with Crippen LogP contribution in [-0.4, -0.2) is 43.2 Å². The van der Waals surface area contributed by atoms with Crippen molar-refractivity contribution >= 4 is 33.2 Å². The minimum absolute atomic E-state index is 0.0873. The molecule has 128 valence electrons. The molecule has 3 N–H and O–H groups in total. The van der Waals surface area contributed by atoms with Crippen molar-refractivity contribution < 1.29 is 23.1 Å². The van der Waals surface area contributed by atoms with Gasteiger partial charge < -0.3 is 5.11 Å². The summed E-state index contributed by atoms with van der Waals surface area (Å²) in [5.74, 6) is -1.43. The zero-order valence-electron chi connectivity index (χ0n) is 12.6. The second kappa shape index (κ2) is 7.43. The van der Waals surface area contributed by atoms with E-state index < -0.39 is 28.4 Å². The first-order valence-electron chi connectivity index (χ1n) is 6.69. The van der Waals surface area contributed by atoms with Crippen LogP contribution in [0.25, 0.3) is 0 Å². The van der Waals surface area contributed by atoms with Crippen LogP contribution in [0.5, 0.6) is 5.75 Å². The normalized spacial score (nSPS) is 11.2. The highest BCUT2D eigenvalue weighted by atomic mass is 32.2. The Hall–Kier alpha value is -2.43. The summed E-state index contributed by atoms with van der Waals surface area (Å²) in [5.41, 5.74) is 4.42. The number of nitrogens with one attached hydrogen (secondary N) is 2. The number of hydrogen-bond acceptors (Lipinski definition) is 6. The number of likely N-dealkylation sites (N-methyl/N-ethyl adjacent to an activating group) is 1. The van der Waals surface area contributed by atoms with Gasteiger partial charge in [-0.2, -0.15) is 4.31 Å². The van der Waals surface area contributed by atoms with E-state index >= 15 is 0 Å². The Morgan fingerprint density at radius 2 is 1.96 bits per heavy atom. The van der Waals surface area contributed by atoms with Crippen molar-refractivity contribution in [2.24, 2.45) is 0 Å². The smallest absolute Gasteiger partial charge is 0.269 e. The summed E-state index contributed by atoms with van der Waals surface area (Å²) in [6.45, 7) is -0.458. The molecule has 1 heterocycles. The Morgan fingerprint density at radius 1 is 1.21 bits per heavy atom. The van der Waals surface area contributed by atoms with Crippen molar-refractivity contribution in [3.63, 3.8) is 0 Å². The lowest BCUT2D eigenvalue weighted by molar-refractivity contribution is -0.121. The second-order valence-corrected chi connectivity index (χ2v) is 7.97. The number of amides is 2. The maximum atomic E-state index is 12.2.